The number of amides is 3. The van der Waals surface area contributed by atoms with Crippen molar-refractivity contribution in [2.45, 2.75) is 26.1 Å². The third-order valence-electron chi connectivity index (χ3n) is 4.83. The van der Waals surface area contributed by atoms with Gasteiger partial charge in [0.1, 0.15) is 6.04 Å². The molecular formula is C22H19F3N2O5. The molecule has 10 heteroatoms. The van der Waals surface area contributed by atoms with E-state index in [2.05, 4.69) is 5.32 Å². The van der Waals surface area contributed by atoms with Crippen LogP contribution in [0.1, 0.15) is 40.1 Å². The third-order valence-corrected chi connectivity index (χ3v) is 4.83. The van der Waals surface area contributed by atoms with Crippen LogP contribution in [0.5, 0.6) is 0 Å². The number of esters is 1. The Morgan fingerprint density at radius 3 is 2.03 bits per heavy atom. The molecular weight excluding hydrogens is 429 g/mol. The van der Waals surface area contributed by atoms with E-state index in [4.69, 9.17) is 4.74 Å². The number of nitrogens with zero attached hydrogens (tertiary/aromatic N) is 1. The summed E-state index contributed by atoms with van der Waals surface area (Å²) in [5.41, 5.74) is -1.23. The SMILES string of the molecule is CC(C)[C@H](C(=O)OCC(=O)Nc1ccccc1C(F)(F)F)N1C(=O)c2ccccc2C1=O. The summed E-state index contributed by atoms with van der Waals surface area (Å²) in [5, 5.41) is 2.06. The molecule has 0 saturated heterocycles. The maximum absolute atomic E-state index is 13.1. The van der Waals surface area contributed by atoms with Gasteiger partial charge in [0.25, 0.3) is 17.7 Å². The molecule has 0 aliphatic carbocycles. The zero-order valence-electron chi connectivity index (χ0n) is 17.1. The van der Waals surface area contributed by atoms with Crippen LogP contribution in [0.2, 0.25) is 0 Å². The Morgan fingerprint density at radius 2 is 1.50 bits per heavy atom. The third kappa shape index (κ3) is 4.48. The molecule has 168 valence electrons. The summed E-state index contributed by atoms with van der Waals surface area (Å²) in [6.07, 6.45) is -4.69. The molecule has 3 amide bonds. The fourth-order valence-electron chi connectivity index (χ4n) is 3.38. The Hall–Kier alpha value is -3.69. The highest BCUT2D eigenvalue weighted by Gasteiger charge is 2.44. The van der Waals surface area contributed by atoms with Gasteiger partial charge in [0.05, 0.1) is 22.4 Å². The van der Waals surface area contributed by atoms with Crippen molar-refractivity contribution >= 4 is 29.4 Å². The van der Waals surface area contributed by atoms with Gasteiger partial charge >= 0.3 is 12.1 Å². The smallest absolute Gasteiger partial charge is 0.418 e. The van der Waals surface area contributed by atoms with Crippen LogP contribution in [0.15, 0.2) is 48.5 Å². The zero-order valence-corrected chi connectivity index (χ0v) is 17.1. The van der Waals surface area contributed by atoms with Gasteiger partial charge in [-0.05, 0) is 30.2 Å². The van der Waals surface area contributed by atoms with Crippen molar-refractivity contribution in [3.8, 4) is 0 Å². The largest absolute Gasteiger partial charge is 0.454 e. The Labute approximate surface area is 181 Å². The number of ether oxygens (including phenoxy) is 1. The van der Waals surface area contributed by atoms with Crippen molar-refractivity contribution in [3.63, 3.8) is 0 Å². The van der Waals surface area contributed by atoms with Crippen LogP contribution in [-0.4, -0.2) is 41.2 Å². The average molecular weight is 448 g/mol. The number of para-hydroxylation sites is 1. The van der Waals surface area contributed by atoms with Crippen LogP contribution in [0.4, 0.5) is 18.9 Å². The molecule has 1 aliphatic rings. The van der Waals surface area contributed by atoms with E-state index in [1.54, 1.807) is 26.0 Å². The van der Waals surface area contributed by atoms with Gasteiger partial charge < -0.3 is 10.1 Å². The van der Waals surface area contributed by atoms with Crippen molar-refractivity contribution in [2.24, 2.45) is 5.92 Å². The summed E-state index contributed by atoms with van der Waals surface area (Å²) in [6.45, 7) is 2.29. The number of alkyl halides is 3. The van der Waals surface area contributed by atoms with Crippen LogP contribution >= 0.6 is 0 Å². The number of halogens is 3. The van der Waals surface area contributed by atoms with Crippen molar-refractivity contribution in [2.75, 3.05) is 11.9 Å². The van der Waals surface area contributed by atoms with Crippen molar-refractivity contribution in [1.82, 2.24) is 4.90 Å². The monoisotopic (exact) mass is 448 g/mol. The Balaban J connectivity index is 1.70. The van der Waals surface area contributed by atoms with E-state index in [1.807, 2.05) is 0 Å². The lowest BCUT2D eigenvalue weighted by Crippen LogP contribution is -2.49. The number of anilines is 1. The first kappa shape index (κ1) is 23.0. The van der Waals surface area contributed by atoms with Gasteiger partial charge in [0, 0.05) is 0 Å². The molecule has 1 atom stereocenters. The first-order valence-electron chi connectivity index (χ1n) is 9.62. The standard InChI is InChI=1S/C22H19F3N2O5/c1-12(2)18(27-19(29)13-7-3-4-8-14(13)20(27)30)21(31)32-11-17(28)26-16-10-6-5-9-15(16)22(23,24)25/h3-10,12,18H,11H2,1-2H3,(H,26,28)/t18-/m1/s1. The van der Waals surface area contributed by atoms with E-state index in [0.29, 0.717) is 0 Å². The van der Waals surface area contributed by atoms with Crippen LogP contribution in [0, 0.1) is 5.92 Å². The lowest BCUT2D eigenvalue weighted by Gasteiger charge is -2.27. The number of hydrogen-bond donors (Lipinski definition) is 1. The minimum atomic E-state index is -4.69. The van der Waals surface area contributed by atoms with Crippen molar-refractivity contribution in [3.05, 3.63) is 65.2 Å². The highest BCUT2D eigenvalue weighted by molar-refractivity contribution is 6.22. The maximum Gasteiger partial charge on any atom is 0.418 e. The Bertz CT molecular complexity index is 1050. The molecule has 0 bridgehead atoms. The number of imide groups is 1. The first-order valence-corrected chi connectivity index (χ1v) is 9.62. The molecule has 32 heavy (non-hydrogen) atoms. The Morgan fingerprint density at radius 1 is 0.969 bits per heavy atom. The molecule has 1 N–H and O–H groups in total. The second-order valence-electron chi connectivity index (χ2n) is 7.41. The van der Waals surface area contributed by atoms with Gasteiger partial charge in [-0.3, -0.25) is 19.3 Å². The summed E-state index contributed by atoms with van der Waals surface area (Å²) >= 11 is 0. The summed E-state index contributed by atoms with van der Waals surface area (Å²) in [6, 6.07) is 9.14. The molecule has 0 radical (unpaired) electrons. The van der Waals surface area contributed by atoms with E-state index in [-0.39, 0.29) is 11.1 Å². The van der Waals surface area contributed by atoms with Crippen LogP contribution < -0.4 is 5.32 Å². The number of carbonyl (C=O) groups excluding carboxylic acids is 4. The van der Waals surface area contributed by atoms with Gasteiger partial charge in [0.15, 0.2) is 6.61 Å². The molecule has 2 aromatic rings. The summed E-state index contributed by atoms with van der Waals surface area (Å²) in [7, 11) is 0. The number of benzene rings is 2. The molecule has 0 saturated carbocycles. The lowest BCUT2D eigenvalue weighted by atomic mass is 10.0. The fourth-order valence-corrected chi connectivity index (χ4v) is 3.38. The van der Waals surface area contributed by atoms with E-state index in [0.717, 1.165) is 17.0 Å². The lowest BCUT2D eigenvalue weighted by molar-refractivity contribution is -0.152. The molecule has 0 aromatic heterocycles. The van der Waals surface area contributed by atoms with Crippen molar-refractivity contribution in [1.29, 1.82) is 0 Å². The Kier molecular flexibility index (Phi) is 6.33. The molecule has 7 nitrogen and oxygen atoms in total. The number of carbonyl (C=O) groups is 4. The van der Waals surface area contributed by atoms with Gasteiger partial charge in [-0.2, -0.15) is 13.2 Å². The van der Waals surface area contributed by atoms with Crippen LogP contribution in [0.25, 0.3) is 0 Å². The summed E-state index contributed by atoms with van der Waals surface area (Å²) in [4.78, 5) is 50.9. The molecule has 0 unspecified atom stereocenters. The normalized spacial score (nSPS) is 14.4. The summed E-state index contributed by atoms with van der Waals surface area (Å²) < 4.78 is 44.1. The number of rotatable bonds is 6. The number of hydrogen-bond acceptors (Lipinski definition) is 5. The second-order valence-corrected chi connectivity index (χ2v) is 7.41. The maximum atomic E-state index is 13.1. The minimum Gasteiger partial charge on any atom is -0.454 e. The molecule has 3 rings (SSSR count). The topological polar surface area (TPSA) is 92.8 Å². The van der Waals surface area contributed by atoms with Crippen molar-refractivity contribution < 1.29 is 37.1 Å². The first-order chi connectivity index (χ1) is 15.0. The highest BCUT2D eigenvalue weighted by atomic mass is 19.4. The van der Waals surface area contributed by atoms with Gasteiger partial charge in [-0.25, -0.2) is 4.79 Å². The predicted octanol–water partition coefficient (Wildman–Crippen LogP) is 3.51. The van der Waals surface area contributed by atoms with Gasteiger partial charge in [-0.1, -0.05) is 38.1 Å². The molecule has 2 aromatic carbocycles. The van der Waals surface area contributed by atoms with Crippen LogP contribution in [0.3, 0.4) is 0 Å². The fraction of sp³-hybridized carbons (Fsp3) is 0.273. The van der Waals surface area contributed by atoms with E-state index < -0.39 is 59.7 Å². The number of fused-ring (bicyclic) bond motifs is 1. The highest BCUT2D eigenvalue weighted by Crippen LogP contribution is 2.34. The van der Waals surface area contributed by atoms with Gasteiger partial charge in [0.2, 0.25) is 0 Å². The molecule has 1 heterocycles. The summed E-state index contributed by atoms with van der Waals surface area (Å²) in [5.74, 6) is -3.89. The van der Waals surface area contributed by atoms with Crippen LogP contribution in [-0.2, 0) is 20.5 Å². The molecule has 0 spiro atoms. The minimum absolute atomic E-state index is 0.150. The predicted molar refractivity (Wildman–Crippen MR) is 107 cm³/mol. The molecule has 0 fully saturated rings. The number of nitrogens with one attached hydrogen (secondary N) is 1. The zero-order chi connectivity index (χ0) is 23.6. The van der Waals surface area contributed by atoms with E-state index in [1.165, 1.54) is 24.3 Å². The average Bonchev–Trinajstić information content (AvgIpc) is 2.97. The second kappa shape index (κ2) is 8.81. The molecule has 1 aliphatic heterocycles. The quantitative estimate of drug-likeness (QED) is 0.539. The van der Waals surface area contributed by atoms with E-state index >= 15 is 0 Å². The van der Waals surface area contributed by atoms with E-state index in [9.17, 15) is 32.3 Å². The van der Waals surface area contributed by atoms with Gasteiger partial charge in [-0.15, -0.1) is 0 Å².